The van der Waals surface area contributed by atoms with E-state index >= 15 is 0 Å². The van der Waals surface area contributed by atoms with Crippen molar-refractivity contribution in [1.82, 2.24) is 4.90 Å². The minimum atomic E-state index is -0.249. The SMILES string of the molecule is C=CCOc1ccc(/C=C/C(=O)N(C)CC(=O)Nc2ccc(C)cc2)cc1. The maximum absolute atomic E-state index is 12.2. The molecule has 0 aliphatic carbocycles. The molecule has 0 radical (unpaired) electrons. The fraction of sp³-hybridized carbons (Fsp3) is 0.182. The van der Waals surface area contributed by atoms with Crippen LogP contribution in [0.2, 0.25) is 0 Å². The third-order valence-electron chi connectivity index (χ3n) is 3.76. The zero-order valence-electron chi connectivity index (χ0n) is 15.6. The lowest BCUT2D eigenvalue weighted by Crippen LogP contribution is -2.33. The molecule has 5 heteroatoms. The standard InChI is InChI=1S/C22H24N2O3/c1-4-15-27-20-12-7-18(8-13-20)9-14-22(26)24(3)16-21(25)23-19-10-5-17(2)6-11-19/h4-14H,1,15-16H2,2-3H3,(H,23,25)/b14-9+. The van der Waals surface area contributed by atoms with Gasteiger partial charge in [-0.15, -0.1) is 0 Å². The van der Waals surface area contributed by atoms with Crippen molar-refractivity contribution in [3.8, 4) is 5.75 Å². The molecule has 2 rings (SSSR count). The van der Waals surface area contributed by atoms with Crippen molar-refractivity contribution in [1.29, 1.82) is 0 Å². The van der Waals surface area contributed by atoms with Crippen molar-refractivity contribution in [2.24, 2.45) is 0 Å². The molecule has 0 bridgehead atoms. The van der Waals surface area contributed by atoms with Crippen LogP contribution in [-0.2, 0) is 9.59 Å². The van der Waals surface area contributed by atoms with Gasteiger partial charge in [-0.2, -0.15) is 0 Å². The van der Waals surface area contributed by atoms with E-state index in [0.717, 1.165) is 16.9 Å². The minimum absolute atomic E-state index is 0.0224. The summed E-state index contributed by atoms with van der Waals surface area (Å²) in [6, 6.07) is 14.9. The largest absolute Gasteiger partial charge is 0.490 e. The van der Waals surface area contributed by atoms with Gasteiger partial charge >= 0.3 is 0 Å². The molecular weight excluding hydrogens is 340 g/mol. The van der Waals surface area contributed by atoms with Gasteiger partial charge in [0.05, 0.1) is 6.54 Å². The molecule has 0 aliphatic heterocycles. The maximum atomic E-state index is 12.2. The Hall–Kier alpha value is -3.34. The van der Waals surface area contributed by atoms with E-state index in [-0.39, 0.29) is 18.4 Å². The number of benzene rings is 2. The molecule has 27 heavy (non-hydrogen) atoms. The Morgan fingerprint density at radius 2 is 1.78 bits per heavy atom. The first-order chi connectivity index (χ1) is 13.0. The van der Waals surface area contributed by atoms with Crippen LogP contribution < -0.4 is 10.1 Å². The smallest absolute Gasteiger partial charge is 0.246 e. The topological polar surface area (TPSA) is 58.6 Å². The molecule has 0 aliphatic rings. The summed E-state index contributed by atoms with van der Waals surface area (Å²) in [6.07, 6.45) is 4.82. The second-order valence-corrected chi connectivity index (χ2v) is 6.11. The summed E-state index contributed by atoms with van der Waals surface area (Å²) in [5.41, 5.74) is 2.69. The summed E-state index contributed by atoms with van der Waals surface area (Å²) < 4.78 is 5.41. The summed E-state index contributed by atoms with van der Waals surface area (Å²) in [6.45, 7) is 6.00. The summed E-state index contributed by atoms with van der Waals surface area (Å²) in [5.74, 6) is 0.246. The Morgan fingerprint density at radius 1 is 1.11 bits per heavy atom. The number of carbonyl (C=O) groups excluding carboxylic acids is 2. The van der Waals surface area contributed by atoms with Gasteiger partial charge in [-0.1, -0.05) is 42.5 Å². The maximum Gasteiger partial charge on any atom is 0.246 e. The van der Waals surface area contributed by atoms with Crippen molar-refractivity contribution in [3.63, 3.8) is 0 Å². The van der Waals surface area contributed by atoms with Gasteiger partial charge in [0.15, 0.2) is 0 Å². The molecule has 0 aromatic heterocycles. The number of nitrogens with zero attached hydrogens (tertiary/aromatic N) is 1. The van der Waals surface area contributed by atoms with E-state index in [0.29, 0.717) is 12.3 Å². The summed E-state index contributed by atoms with van der Waals surface area (Å²) in [4.78, 5) is 25.6. The lowest BCUT2D eigenvalue weighted by molar-refractivity contribution is -0.129. The first kappa shape index (κ1) is 20.0. The van der Waals surface area contributed by atoms with Gasteiger partial charge in [0, 0.05) is 18.8 Å². The third-order valence-corrected chi connectivity index (χ3v) is 3.76. The predicted octanol–water partition coefficient (Wildman–Crippen LogP) is 3.67. The third kappa shape index (κ3) is 6.82. The summed E-state index contributed by atoms with van der Waals surface area (Å²) >= 11 is 0. The number of carbonyl (C=O) groups is 2. The van der Waals surface area contributed by atoms with Gasteiger partial charge < -0.3 is 15.0 Å². The van der Waals surface area contributed by atoms with Crippen molar-refractivity contribution in [3.05, 3.63) is 78.4 Å². The molecule has 0 spiro atoms. The van der Waals surface area contributed by atoms with E-state index in [4.69, 9.17) is 4.74 Å². The van der Waals surface area contributed by atoms with Crippen LogP contribution in [0, 0.1) is 6.92 Å². The number of aryl methyl sites for hydroxylation is 1. The average Bonchev–Trinajstić information content (AvgIpc) is 2.67. The fourth-order valence-corrected chi connectivity index (χ4v) is 2.26. The molecule has 2 aromatic carbocycles. The highest BCUT2D eigenvalue weighted by Gasteiger charge is 2.10. The molecule has 2 amide bonds. The first-order valence-electron chi connectivity index (χ1n) is 8.61. The van der Waals surface area contributed by atoms with Crippen molar-refractivity contribution >= 4 is 23.6 Å². The van der Waals surface area contributed by atoms with E-state index in [1.807, 2.05) is 55.5 Å². The Balaban J connectivity index is 1.85. The van der Waals surface area contributed by atoms with Crippen LogP contribution in [0.5, 0.6) is 5.75 Å². The van der Waals surface area contributed by atoms with Crippen LogP contribution in [0.3, 0.4) is 0 Å². The molecule has 140 valence electrons. The number of anilines is 1. The highest BCUT2D eigenvalue weighted by Crippen LogP contribution is 2.13. The summed E-state index contributed by atoms with van der Waals surface area (Å²) in [7, 11) is 1.59. The molecule has 0 saturated carbocycles. The van der Waals surface area contributed by atoms with E-state index in [9.17, 15) is 9.59 Å². The van der Waals surface area contributed by atoms with Crippen LogP contribution in [0.15, 0.2) is 67.3 Å². The number of rotatable bonds is 8. The van der Waals surface area contributed by atoms with Crippen LogP contribution in [0.1, 0.15) is 11.1 Å². The van der Waals surface area contributed by atoms with E-state index in [2.05, 4.69) is 11.9 Å². The first-order valence-corrected chi connectivity index (χ1v) is 8.61. The normalized spacial score (nSPS) is 10.4. The van der Waals surface area contributed by atoms with E-state index in [1.54, 1.807) is 19.2 Å². The highest BCUT2D eigenvalue weighted by atomic mass is 16.5. The molecular formula is C22H24N2O3. The summed E-state index contributed by atoms with van der Waals surface area (Å²) in [5, 5.41) is 2.77. The van der Waals surface area contributed by atoms with Gasteiger partial charge in [0.1, 0.15) is 12.4 Å². The molecule has 0 fully saturated rings. The molecule has 0 saturated heterocycles. The van der Waals surface area contributed by atoms with Gasteiger partial charge in [0.2, 0.25) is 11.8 Å². The molecule has 5 nitrogen and oxygen atoms in total. The molecule has 2 aromatic rings. The number of amides is 2. The second kappa shape index (κ2) is 9.97. The van der Waals surface area contributed by atoms with Crippen LogP contribution in [0.25, 0.3) is 6.08 Å². The van der Waals surface area contributed by atoms with Gasteiger partial charge in [-0.3, -0.25) is 9.59 Å². The number of hydrogen-bond acceptors (Lipinski definition) is 3. The van der Waals surface area contributed by atoms with Crippen LogP contribution >= 0.6 is 0 Å². The second-order valence-electron chi connectivity index (χ2n) is 6.11. The molecule has 0 heterocycles. The zero-order chi connectivity index (χ0) is 19.6. The molecule has 0 atom stereocenters. The Labute approximate surface area is 160 Å². The Morgan fingerprint density at radius 3 is 2.41 bits per heavy atom. The van der Waals surface area contributed by atoms with Crippen molar-refractivity contribution in [2.75, 3.05) is 25.5 Å². The molecule has 0 unspecified atom stereocenters. The lowest BCUT2D eigenvalue weighted by atomic mass is 10.2. The number of nitrogens with one attached hydrogen (secondary N) is 1. The van der Waals surface area contributed by atoms with Gasteiger partial charge in [-0.25, -0.2) is 0 Å². The predicted molar refractivity (Wildman–Crippen MR) is 109 cm³/mol. The monoisotopic (exact) mass is 364 g/mol. The van der Waals surface area contributed by atoms with Gasteiger partial charge in [0.25, 0.3) is 0 Å². The van der Waals surface area contributed by atoms with Crippen molar-refractivity contribution in [2.45, 2.75) is 6.92 Å². The minimum Gasteiger partial charge on any atom is -0.490 e. The number of hydrogen-bond donors (Lipinski definition) is 1. The Bertz CT molecular complexity index is 808. The van der Waals surface area contributed by atoms with Crippen LogP contribution in [0.4, 0.5) is 5.69 Å². The van der Waals surface area contributed by atoms with Gasteiger partial charge in [-0.05, 0) is 42.8 Å². The lowest BCUT2D eigenvalue weighted by Gasteiger charge is -2.15. The average molecular weight is 364 g/mol. The number of ether oxygens (including phenoxy) is 1. The van der Waals surface area contributed by atoms with Crippen LogP contribution in [-0.4, -0.2) is 36.9 Å². The van der Waals surface area contributed by atoms with Crippen molar-refractivity contribution < 1.29 is 14.3 Å². The van der Waals surface area contributed by atoms with E-state index in [1.165, 1.54) is 11.0 Å². The zero-order valence-corrected chi connectivity index (χ0v) is 15.6. The Kier molecular flexibility index (Phi) is 7.37. The quantitative estimate of drug-likeness (QED) is 0.574. The van der Waals surface area contributed by atoms with E-state index < -0.39 is 0 Å². The number of likely N-dealkylation sites (N-methyl/N-ethyl adjacent to an activating group) is 1. The molecule has 1 N–H and O–H groups in total. The highest BCUT2D eigenvalue weighted by molar-refractivity contribution is 5.97. The fourth-order valence-electron chi connectivity index (χ4n) is 2.26.